The molecule has 0 radical (unpaired) electrons. The van der Waals surface area contributed by atoms with Crippen molar-refractivity contribution in [3.63, 3.8) is 0 Å². The van der Waals surface area contributed by atoms with Gasteiger partial charge in [0.2, 0.25) is 5.91 Å². The second-order valence-electron chi connectivity index (χ2n) is 9.50. The Labute approximate surface area is 185 Å². The molecule has 168 valence electrons. The molecule has 2 saturated heterocycles. The number of amides is 4. The van der Waals surface area contributed by atoms with E-state index in [9.17, 15) is 19.6 Å². The SMILES string of the molecule is CC(C)(C)CN(CC(=O)N1CCC2(CC1)NC(=O)NC2=O)c1cc(C#N)nc2ccnn12. The van der Waals surface area contributed by atoms with Crippen LogP contribution in [-0.2, 0) is 9.59 Å². The van der Waals surface area contributed by atoms with Crippen molar-refractivity contribution in [3.05, 3.63) is 24.0 Å². The normalized spacial score (nSPS) is 17.9. The van der Waals surface area contributed by atoms with Gasteiger partial charge in [0.05, 0.1) is 12.7 Å². The summed E-state index contributed by atoms with van der Waals surface area (Å²) >= 11 is 0. The minimum atomic E-state index is -0.924. The number of nitriles is 1. The van der Waals surface area contributed by atoms with Crippen molar-refractivity contribution in [1.29, 1.82) is 5.26 Å². The number of likely N-dealkylation sites (tertiary alicyclic amines) is 1. The van der Waals surface area contributed by atoms with Crippen LogP contribution in [0.25, 0.3) is 5.65 Å². The highest BCUT2D eigenvalue weighted by Gasteiger charge is 2.48. The number of nitrogens with one attached hydrogen (secondary N) is 2. The Balaban J connectivity index is 1.55. The second-order valence-corrected chi connectivity index (χ2v) is 9.50. The molecule has 4 rings (SSSR count). The molecule has 2 N–H and O–H groups in total. The standard InChI is InChI=1S/C21H26N8O3/c1-20(2,3)13-28(16-10-14(11-22)24-15-4-7-23-29(15)16)12-17(30)27-8-5-21(6-9-27)18(31)25-19(32)26-21/h4,7,10H,5-6,8-9,12-13H2,1-3H3,(H2,25,26,31,32). The van der Waals surface area contributed by atoms with E-state index in [1.165, 1.54) is 0 Å². The van der Waals surface area contributed by atoms with E-state index in [0.717, 1.165) is 0 Å². The first kappa shape index (κ1) is 21.5. The van der Waals surface area contributed by atoms with Gasteiger partial charge in [0, 0.05) is 31.8 Å². The summed E-state index contributed by atoms with van der Waals surface area (Å²) in [6, 6.07) is 4.94. The van der Waals surface area contributed by atoms with Crippen molar-refractivity contribution >= 4 is 29.3 Å². The number of imide groups is 1. The molecule has 2 fully saturated rings. The van der Waals surface area contributed by atoms with E-state index in [1.54, 1.807) is 27.7 Å². The van der Waals surface area contributed by atoms with Crippen LogP contribution in [0.3, 0.4) is 0 Å². The van der Waals surface area contributed by atoms with E-state index in [1.807, 2.05) is 4.90 Å². The number of carbonyl (C=O) groups excluding carboxylic acids is 3. The van der Waals surface area contributed by atoms with Gasteiger partial charge in [-0.1, -0.05) is 20.8 Å². The number of urea groups is 1. The maximum Gasteiger partial charge on any atom is 0.322 e. The maximum atomic E-state index is 13.2. The number of anilines is 1. The first-order valence-corrected chi connectivity index (χ1v) is 10.5. The predicted molar refractivity (Wildman–Crippen MR) is 115 cm³/mol. The highest BCUT2D eigenvalue weighted by atomic mass is 16.2. The average Bonchev–Trinajstić information content (AvgIpc) is 3.30. The van der Waals surface area contributed by atoms with Crippen molar-refractivity contribution in [2.45, 2.75) is 39.2 Å². The lowest BCUT2D eigenvalue weighted by molar-refractivity contribution is -0.134. The van der Waals surface area contributed by atoms with E-state index in [0.29, 0.717) is 43.9 Å². The summed E-state index contributed by atoms with van der Waals surface area (Å²) in [5.74, 6) is 0.200. The highest BCUT2D eigenvalue weighted by Crippen LogP contribution is 2.27. The molecule has 2 aromatic heterocycles. The molecular formula is C21H26N8O3. The molecule has 2 aliphatic rings. The monoisotopic (exact) mass is 438 g/mol. The first-order valence-electron chi connectivity index (χ1n) is 10.5. The Kier molecular flexibility index (Phi) is 5.24. The van der Waals surface area contributed by atoms with Crippen LogP contribution in [0, 0.1) is 16.7 Å². The summed E-state index contributed by atoms with van der Waals surface area (Å²) in [6.45, 7) is 7.60. The molecule has 11 heteroatoms. The fraction of sp³-hybridized carbons (Fsp3) is 0.524. The van der Waals surface area contributed by atoms with Crippen molar-refractivity contribution in [3.8, 4) is 6.07 Å². The summed E-state index contributed by atoms with van der Waals surface area (Å²) in [6.07, 6.45) is 2.34. The van der Waals surface area contributed by atoms with Gasteiger partial charge in [-0.05, 0) is 18.3 Å². The molecule has 11 nitrogen and oxygen atoms in total. The first-order chi connectivity index (χ1) is 15.1. The minimum Gasteiger partial charge on any atom is -0.347 e. The summed E-state index contributed by atoms with van der Waals surface area (Å²) in [5.41, 5.74) is -0.267. The van der Waals surface area contributed by atoms with Crippen molar-refractivity contribution in [1.82, 2.24) is 30.1 Å². The quantitative estimate of drug-likeness (QED) is 0.669. The number of fused-ring (bicyclic) bond motifs is 1. The van der Waals surface area contributed by atoms with Crippen molar-refractivity contribution < 1.29 is 14.4 Å². The lowest BCUT2D eigenvalue weighted by Gasteiger charge is -2.38. The molecule has 32 heavy (non-hydrogen) atoms. The molecule has 0 saturated carbocycles. The largest absolute Gasteiger partial charge is 0.347 e. The zero-order chi connectivity index (χ0) is 23.1. The predicted octanol–water partition coefficient (Wildman–Crippen LogP) is 0.654. The number of hydrogen-bond acceptors (Lipinski definition) is 7. The van der Waals surface area contributed by atoms with Crippen LogP contribution < -0.4 is 15.5 Å². The Morgan fingerprint density at radius 2 is 2.03 bits per heavy atom. The zero-order valence-electron chi connectivity index (χ0n) is 18.4. The number of aromatic nitrogens is 3. The van der Waals surface area contributed by atoms with Gasteiger partial charge in [-0.3, -0.25) is 14.9 Å². The van der Waals surface area contributed by atoms with Crippen molar-refractivity contribution in [2.24, 2.45) is 5.41 Å². The highest BCUT2D eigenvalue weighted by molar-refractivity contribution is 6.07. The fourth-order valence-electron chi connectivity index (χ4n) is 4.25. The van der Waals surface area contributed by atoms with Crippen LogP contribution in [0.5, 0.6) is 0 Å². The van der Waals surface area contributed by atoms with Crippen LogP contribution in [0.1, 0.15) is 39.3 Å². The van der Waals surface area contributed by atoms with Gasteiger partial charge >= 0.3 is 6.03 Å². The van der Waals surface area contributed by atoms with Crippen LogP contribution in [0.4, 0.5) is 10.6 Å². The third-order valence-corrected chi connectivity index (χ3v) is 5.75. The fourth-order valence-corrected chi connectivity index (χ4v) is 4.25. The zero-order valence-corrected chi connectivity index (χ0v) is 18.4. The summed E-state index contributed by atoms with van der Waals surface area (Å²) < 4.78 is 1.63. The van der Waals surface area contributed by atoms with Gasteiger partial charge in [0.1, 0.15) is 23.1 Å². The van der Waals surface area contributed by atoms with Crippen molar-refractivity contribution in [2.75, 3.05) is 31.1 Å². The summed E-state index contributed by atoms with van der Waals surface area (Å²) in [5, 5.41) is 18.7. The summed E-state index contributed by atoms with van der Waals surface area (Å²) in [4.78, 5) is 44.8. The van der Waals surface area contributed by atoms with Gasteiger partial charge in [0.25, 0.3) is 5.91 Å². The molecule has 4 amide bonds. The van der Waals surface area contributed by atoms with Crippen LogP contribution >= 0.6 is 0 Å². The average molecular weight is 438 g/mol. The molecular weight excluding hydrogens is 412 g/mol. The van der Waals surface area contributed by atoms with Gasteiger partial charge in [-0.15, -0.1) is 0 Å². The molecule has 0 aliphatic carbocycles. The van der Waals surface area contributed by atoms with Gasteiger partial charge in [0.15, 0.2) is 5.65 Å². The van der Waals surface area contributed by atoms with E-state index in [-0.39, 0.29) is 29.5 Å². The maximum absolute atomic E-state index is 13.2. The molecule has 0 aromatic carbocycles. The van der Waals surface area contributed by atoms with Crippen LogP contribution in [0.15, 0.2) is 18.3 Å². The molecule has 0 unspecified atom stereocenters. The smallest absolute Gasteiger partial charge is 0.322 e. The molecule has 1 spiro atoms. The van der Waals surface area contributed by atoms with Crippen LogP contribution in [-0.4, -0.2) is 69.1 Å². The number of nitrogens with zero attached hydrogens (tertiary/aromatic N) is 6. The molecule has 0 bridgehead atoms. The number of piperidine rings is 1. The molecule has 0 atom stereocenters. The summed E-state index contributed by atoms with van der Waals surface area (Å²) in [7, 11) is 0. The molecule has 4 heterocycles. The number of hydrogen-bond donors (Lipinski definition) is 2. The number of carbonyl (C=O) groups is 3. The lowest BCUT2D eigenvalue weighted by Crippen LogP contribution is -2.57. The molecule has 2 aromatic rings. The topological polar surface area (TPSA) is 136 Å². The third kappa shape index (κ3) is 4.08. The third-order valence-electron chi connectivity index (χ3n) is 5.75. The Bertz CT molecular complexity index is 1120. The van der Waals surface area contributed by atoms with E-state index in [2.05, 4.69) is 47.6 Å². The van der Waals surface area contributed by atoms with E-state index < -0.39 is 11.6 Å². The Morgan fingerprint density at radius 3 is 2.62 bits per heavy atom. The van der Waals surface area contributed by atoms with Gasteiger partial charge < -0.3 is 15.1 Å². The van der Waals surface area contributed by atoms with Crippen LogP contribution in [0.2, 0.25) is 0 Å². The Morgan fingerprint density at radius 1 is 1.31 bits per heavy atom. The lowest BCUT2D eigenvalue weighted by atomic mass is 9.87. The van der Waals surface area contributed by atoms with Gasteiger partial charge in [-0.2, -0.15) is 14.9 Å². The second kappa shape index (κ2) is 7.78. The molecule has 2 aliphatic heterocycles. The number of rotatable bonds is 4. The minimum absolute atomic E-state index is 0.0899. The van der Waals surface area contributed by atoms with Gasteiger partial charge in [-0.25, -0.2) is 9.78 Å². The Hall–Kier alpha value is -3.68. The van der Waals surface area contributed by atoms with E-state index in [4.69, 9.17) is 0 Å². The van der Waals surface area contributed by atoms with E-state index >= 15 is 0 Å².